The predicted octanol–water partition coefficient (Wildman–Crippen LogP) is 4.25. The molecule has 0 N–H and O–H groups in total. The minimum Gasteiger partial charge on any atom is -0.497 e. The molecule has 0 unspecified atom stereocenters. The van der Waals surface area contributed by atoms with E-state index in [9.17, 15) is 4.79 Å². The first-order valence-corrected chi connectivity index (χ1v) is 10.1. The molecule has 27 heavy (non-hydrogen) atoms. The van der Waals surface area contributed by atoms with E-state index in [1.165, 1.54) is 4.88 Å². The summed E-state index contributed by atoms with van der Waals surface area (Å²) in [7, 11) is 1.63. The summed E-state index contributed by atoms with van der Waals surface area (Å²) in [5.41, 5.74) is 1.64. The molecule has 3 aromatic rings. The Kier molecular flexibility index (Phi) is 5.45. The first kappa shape index (κ1) is 18.1. The Morgan fingerprint density at radius 1 is 1.37 bits per heavy atom. The van der Waals surface area contributed by atoms with Crippen molar-refractivity contribution in [3.63, 3.8) is 0 Å². The van der Waals surface area contributed by atoms with E-state index >= 15 is 0 Å². The van der Waals surface area contributed by atoms with Crippen molar-refractivity contribution in [2.45, 2.75) is 31.9 Å². The number of hydrogen-bond donors (Lipinski definition) is 0. The average Bonchev–Trinajstić information content (AvgIpc) is 3.43. The van der Waals surface area contributed by atoms with Gasteiger partial charge in [-0.3, -0.25) is 4.79 Å². The number of thiophene rings is 1. The van der Waals surface area contributed by atoms with Crippen molar-refractivity contribution in [2.75, 3.05) is 20.3 Å². The van der Waals surface area contributed by atoms with Crippen LogP contribution in [0.15, 0.2) is 46.4 Å². The molecule has 3 heterocycles. The highest BCUT2D eigenvalue weighted by molar-refractivity contribution is 7.09. The molecule has 0 bridgehead atoms. The highest BCUT2D eigenvalue weighted by atomic mass is 32.1. The molecular weight excluding hydrogens is 362 g/mol. The number of methoxy groups -OCH3 is 1. The fourth-order valence-corrected chi connectivity index (χ4v) is 4.20. The zero-order valence-corrected chi connectivity index (χ0v) is 16.2. The molecule has 2 aromatic heterocycles. The molecule has 1 fully saturated rings. The van der Waals surface area contributed by atoms with E-state index in [1.54, 1.807) is 24.7 Å². The minimum absolute atomic E-state index is 0.0948. The van der Waals surface area contributed by atoms with E-state index in [0.29, 0.717) is 19.5 Å². The normalized spacial score (nSPS) is 16.7. The molecule has 0 spiro atoms. The number of carbonyl (C=O) groups excluding carboxylic acids is 1. The minimum atomic E-state index is 0.0948. The van der Waals surface area contributed by atoms with E-state index in [1.807, 2.05) is 34.5 Å². The van der Waals surface area contributed by atoms with Gasteiger partial charge in [0.05, 0.1) is 32.4 Å². The molecule has 1 aliphatic rings. The van der Waals surface area contributed by atoms with Crippen molar-refractivity contribution >= 4 is 28.2 Å². The molecule has 0 aliphatic carbocycles. The lowest BCUT2D eigenvalue weighted by atomic mass is 10.1. The molecule has 4 rings (SSSR count). The second kappa shape index (κ2) is 8.15. The number of fused-ring (bicyclic) bond motifs is 1. The summed E-state index contributed by atoms with van der Waals surface area (Å²) in [5.74, 6) is 0.838. The van der Waals surface area contributed by atoms with Gasteiger partial charge >= 0.3 is 0 Å². The highest BCUT2D eigenvalue weighted by Crippen LogP contribution is 2.27. The van der Waals surface area contributed by atoms with Crippen LogP contribution in [0.2, 0.25) is 0 Å². The van der Waals surface area contributed by atoms with E-state index < -0.39 is 0 Å². The molecule has 1 amide bonds. The van der Waals surface area contributed by atoms with Crippen molar-refractivity contribution in [1.29, 1.82) is 0 Å². The Hall–Kier alpha value is -2.31. The fourth-order valence-electron chi connectivity index (χ4n) is 3.48. The monoisotopic (exact) mass is 385 g/mol. The van der Waals surface area contributed by atoms with E-state index in [0.717, 1.165) is 41.7 Å². The van der Waals surface area contributed by atoms with Gasteiger partial charge < -0.3 is 18.8 Å². The van der Waals surface area contributed by atoms with Gasteiger partial charge in [0.2, 0.25) is 5.91 Å². The van der Waals surface area contributed by atoms with Crippen LogP contribution in [-0.4, -0.2) is 37.2 Å². The van der Waals surface area contributed by atoms with Crippen LogP contribution in [0.3, 0.4) is 0 Å². The van der Waals surface area contributed by atoms with E-state index in [4.69, 9.17) is 13.9 Å². The molecule has 5 nitrogen and oxygen atoms in total. The number of amides is 1. The molecule has 1 saturated heterocycles. The van der Waals surface area contributed by atoms with Crippen LogP contribution >= 0.6 is 11.3 Å². The summed E-state index contributed by atoms with van der Waals surface area (Å²) >= 11 is 1.67. The van der Waals surface area contributed by atoms with Crippen LogP contribution in [0.25, 0.3) is 11.0 Å². The Bertz CT molecular complexity index is 896. The third kappa shape index (κ3) is 4.17. The van der Waals surface area contributed by atoms with Gasteiger partial charge in [-0.15, -0.1) is 11.3 Å². The number of benzene rings is 1. The summed E-state index contributed by atoms with van der Waals surface area (Å²) < 4.78 is 16.6. The fraction of sp³-hybridized carbons (Fsp3) is 0.381. The van der Waals surface area contributed by atoms with E-state index in [2.05, 4.69) is 6.07 Å². The molecule has 1 atom stereocenters. The summed E-state index contributed by atoms with van der Waals surface area (Å²) in [6.07, 6.45) is 4.22. The molecular formula is C21H23NO4S. The Morgan fingerprint density at radius 2 is 2.30 bits per heavy atom. The van der Waals surface area contributed by atoms with Crippen LogP contribution in [0, 0.1) is 0 Å². The van der Waals surface area contributed by atoms with Crippen molar-refractivity contribution in [3.05, 3.63) is 52.4 Å². The second-order valence-corrected chi connectivity index (χ2v) is 7.82. The molecule has 0 saturated carbocycles. The van der Waals surface area contributed by atoms with Gasteiger partial charge in [0.15, 0.2) is 0 Å². The van der Waals surface area contributed by atoms with Crippen LogP contribution in [0.4, 0.5) is 0 Å². The Labute approximate surface area is 162 Å². The summed E-state index contributed by atoms with van der Waals surface area (Å²) in [4.78, 5) is 16.2. The maximum Gasteiger partial charge on any atom is 0.227 e. The van der Waals surface area contributed by atoms with Gasteiger partial charge in [0.1, 0.15) is 11.3 Å². The maximum absolute atomic E-state index is 13.1. The maximum atomic E-state index is 13.1. The SMILES string of the molecule is COc1ccc2c(CC(=O)N(Cc3cccs3)C[C@H]3CCCO3)coc2c1. The van der Waals surface area contributed by atoms with Crippen LogP contribution in [-0.2, 0) is 22.5 Å². The van der Waals surface area contributed by atoms with Gasteiger partial charge in [-0.25, -0.2) is 0 Å². The van der Waals surface area contributed by atoms with Crippen LogP contribution < -0.4 is 4.74 Å². The first-order valence-electron chi connectivity index (χ1n) is 9.19. The molecule has 142 valence electrons. The molecule has 6 heteroatoms. The van der Waals surface area contributed by atoms with Crippen LogP contribution in [0.1, 0.15) is 23.3 Å². The Morgan fingerprint density at radius 3 is 3.04 bits per heavy atom. The van der Waals surface area contributed by atoms with Gasteiger partial charge in [-0.05, 0) is 36.4 Å². The number of ether oxygens (including phenoxy) is 2. The number of carbonyl (C=O) groups is 1. The highest BCUT2D eigenvalue weighted by Gasteiger charge is 2.24. The quantitative estimate of drug-likeness (QED) is 0.610. The lowest BCUT2D eigenvalue weighted by Crippen LogP contribution is -2.37. The second-order valence-electron chi connectivity index (χ2n) is 6.79. The van der Waals surface area contributed by atoms with Crippen molar-refractivity contribution < 1.29 is 18.7 Å². The van der Waals surface area contributed by atoms with Crippen molar-refractivity contribution in [1.82, 2.24) is 4.90 Å². The number of nitrogens with zero attached hydrogens (tertiary/aromatic N) is 1. The predicted molar refractivity (Wildman–Crippen MR) is 105 cm³/mol. The first-order chi connectivity index (χ1) is 13.2. The Balaban J connectivity index is 1.51. The van der Waals surface area contributed by atoms with E-state index in [-0.39, 0.29) is 12.0 Å². The van der Waals surface area contributed by atoms with Gasteiger partial charge in [-0.2, -0.15) is 0 Å². The number of furan rings is 1. The summed E-state index contributed by atoms with van der Waals surface area (Å²) in [5, 5.41) is 3.00. The lowest BCUT2D eigenvalue weighted by Gasteiger charge is -2.25. The number of hydrogen-bond acceptors (Lipinski definition) is 5. The zero-order valence-electron chi connectivity index (χ0n) is 15.3. The standard InChI is InChI=1S/C21H23NO4S/c1-24-16-6-7-19-15(14-26-20(19)11-16)10-21(23)22(12-17-4-2-8-25-17)13-18-5-3-9-27-18/h3,5-7,9,11,14,17H,2,4,8,10,12-13H2,1H3/t17-/m1/s1. The zero-order chi connectivity index (χ0) is 18.6. The van der Waals surface area contributed by atoms with Crippen molar-refractivity contribution in [3.8, 4) is 5.75 Å². The van der Waals surface area contributed by atoms with Crippen molar-refractivity contribution in [2.24, 2.45) is 0 Å². The summed E-state index contributed by atoms with van der Waals surface area (Å²) in [6, 6.07) is 9.77. The van der Waals surface area contributed by atoms with Crippen LogP contribution in [0.5, 0.6) is 5.75 Å². The third-order valence-electron chi connectivity index (χ3n) is 4.93. The lowest BCUT2D eigenvalue weighted by molar-refractivity contribution is -0.132. The molecule has 0 radical (unpaired) electrons. The largest absolute Gasteiger partial charge is 0.497 e. The topological polar surface area (TPSA) is 51.9 Å². The molecule has 1 aromatic carbocycles. The summed E-state index contributed by atoms with van der Waals surface area (Å²) in [6.45, 7) is 2.06. The van der Waals surface area contributed by atoms with Gasteiger partial charge in [-0.1, -0.05) is 6.07 Å². The average molecular weight is 385 g/mol. The van der Waals surface area contributed by atoms with Gasteiger partial charge in [0, 0.05) is 35.0 Å². The number of rotatable bonds is 7. The van der Waals surface area contributed by atoms with Gasteiger partial charge in [0.25, 0.3) is 0 Å². The molecule has 1 aliphatic heterocycles. The third-order valence-corrected chi connectivity index (χ3v) is 5.79. The smallest absolute Gasteiger partial charge is 0.227 e.